The molecular weight excluding hydrogens is 729 g/mol. The quantitative estimate of drug-likeness (QED) is 0.124. The summed E-state index contributed by atoms with van der Waals surface area (Å²) in [6.45, 7) is 7.56. The number of nitrogens with one attached hydrogen (secondary N) is 2. The SMILES string of the molecule is CC(C)(C)OC(O)N1CCCC1c1ncc(-c2ccc3c(c2)cc2n3C(C3C=C(C4C=CN=CC4)C=CC3)OC3=C2CCC(c2cnc(C4CCCN4CO)[nH]2)=C3)[nH]1. The zero-order chi connectivity index (χ0) is 39.5. The zero-order valence-corrected chi connectivity index (χ0v) is 33.6. The highest BCUT2D eigenvalue weighted by atomic mass is 16.6. The number of nitrogens with zero attached hydrogens (tertiary/aromatic N) is 6. The van der Waals surface area contributed by atoms with E-state index in [0.29, 0.717) is 5.92 Å². The second kappa shape index (κ2) is 15.1. The predicted octanol–water partition coefficient (Wildman–Crippen LogP) is 8.29. The Balaban J connectivity index is 0.997. The van der Waals surface area contributed by atoms with Crippen molar-refractivity contribution in [1.29, 1.82) is 0 Å². The molecule has 0 saturated carbocycles. The number of H-pyrrole nitrogens is 2. The van der Waals surface area contributed by atoms with Crippen LogP contribution in [0.1, 0.15) is 113 Å². The van der Waals surface area contributed by atoms with Crippen LogP contribution in [-0.4, -0.2) is 82.6 Å². The van der Waals surface area contributed by atoms with E-state index in [2.05, 4.69) is 79.1 Å². The van der Waals surface area contributed by atoms with Crippen LogP contribution in [0.2, 0.25) is 0 Å². The zero-order valence-electron chi connectivity index (χ0n) is 33.6. The molecule has 12 nitrogen and oxygen atoms in total. The van der Waals surface area contributed by atoms with E-state index in [1.807, 2.05) is 50.5 Å². The minimum atomic E-state index is -0.990. The highest BCUT2D eigenvalue weighted by Crippen LogP contribution is 2.48. The molecule has 12 heteroatoms. The molecule has 4 aromatic rings. The minimum absolute atomic E-state index is 0.0440. The number of benzene rings is 1. The molecule has 2 saturated heterocycles. The van der Waals surface area contributed by atoms with Crippen molar-refractivity contribution in [2.24, 2.45) is 16.8 Å². The van der Waals surface area contributed by atoms with E-state index in [-0.39, 0.29) is 31.0 Å². The van der Waals surface area contributed by atoms with Gasteiger partial charge in [0.25, 0.3) is 0 Å². The molecule has 2 fully saturated rings. The van der Waals surface area contributed by atoms with Gasteiger partial charge in [-0.2, -0.15) is 0 Å². The van der Waals surface area contributed by atoms with Gasteiger partial charge in [0.2, 0.25) is 6.41 Å². The molecule has 4 N–H and O–H groups in total. The summed E-state index contributed by atoms with van der Waals surface area (Å²) in [4.78, 5) is 25.3. The van der Waals surface area contributed by atoms with Crippen molar-refractivity contribution in [3.8, 4) is 11.3 Å². The van der Waals surface area contributed by atoms with Gasteiger partial charge in [-0.3, -0.25) is 9.89 Å². The summed E-state index contributed by atoms with van der Waals surface area (Å²) in [6.07, 6.45) is 25.4. The molecule has 6 aliphatic rings. The number of aliphatic hydroxyl groups excluding tert-OH is 2. The minimum Gasteiger partial charge on any atom is -0.469 e. The predicted molar refractivity (Wildman–Crippen MR) is 225 cm³/mol. The Morgan fingerprint density at radius 2 is 1.79 bits per heavy atom. The first-order valence-corrected chi connectivity index (χ1v) is 21.1. The maximum atomic E-state index is 11.0. The Hall–Kier alpha value is -4.85. The fourth-order valence-electron chi connectivity index (χ4n) is 9.89. The van der Waals surface area contributed by atoms with Crippen molar-refractivity contribution < 1.29 is 19.7 Å². The third kappa shape index (κ3) is 6.94. The van der Waals surface area contributed by atoms with Gasteiger partial charge in [0.05, 0.1) is 59.4 Å². The molecule has 58 heavy (non-hydrogen) atoms. The summed E-state index contributed by atoms with van der Waals surface area (Å²) in [5.74, 6) is 3.13. The van der Waals surface area contributed by atoms with Crippen LogP contribution in [0.5, 0.6) is 0 Å². The molecule has 0 radical (unpaired) electrons. The Kier molecular flexibility index (Phi) is 9.72. The van der Waals surface area contributed by atoms with E-state index in [1.165, 1.54) is 22.4 Å². The van der Waals surface area contributed by atoms with E-state index in [0.717, 1.165) is 110 Å². The van der Waals surface area contributed by atoms with E-state index < -0.39 is 12.0 Å². The van der Waals surface area contributed by atoms with Crippen molar-refractivity contribution in [3.63, 3.8) is 0 Å². The smallest absolute Gasteiger partial charge is 0.217 e. The fourth-order valence-corrected chi connectivity index (χ4v) is 9.89. The topological polar surface area (TPSA) is 140 Å². The van der Waals surface area contributed by atoms with Crippen molar-refractivity contribution >= 4 is 28.3 Å². The van der Waals surface area contributed by atoms with Gasteiger partial charge in [0.1, 0.15) is 17.4 Å². The Labute approximate surface area is 339 Å². The lowest BCUT2D eigenvalue weighted by Gasteiger charge is -2.37. The van der Waals surface area contributed by atoms with Crippen LogP contribution in [0.3, 0.4) is 0 Å². The standard InChI is InChI=1S/C46H54N8O4/c1-46(2,3)58-45(56)53-20-6-10-39(53)43-49-25-35(51-43)30-12-14-37-33(22-30)23-40-34-13-11-31(36-26-48-42(50-36)38-9-5-19-52(38)27-55)24-41(34)57-44(54(37)40)32-8-4-7-29(21-32)28-15-17-47-18-16-28/h4,7,12,14-15,17-18,21-26,28,32,38-39,44-45,55-56H,5-6,8-11,13,16,19-20,27H2,1-3H3,(H,48,50)(H,49,51). The average Bonchev–Trinajstić information content (AvgIpc) is 4.09. The van der Waals surface area contributed by atoms with Crippen molar-refractivity contribution in [2.45, 2.75) is 102 Å². The number of rotatable bonds is 9. The number of hydrogen-bond acceptors (Lipinski definition) is 9. The molecule has 10 rings (SSSR count). The summed E-state index contributed by atoms with van der Waals surface area (Å²) >= 11 is 0. The van der Waals surface area contributed by atoms with E-state index in [4.69, 9.17) is 19.4 Å². The number of likely N-dealkylation sites (tertiary alicyclic amines) is 2. The van der Waals surface area contributed by atoms with Crippen molar-refractivity contribution in [2.75, 3.05) is 19.8 Å². The maximum absolute atomic E-state index is 11.0. The van der Waals surface area contributed by atoms with E-state index >= 15 is 0 Å². The van der Waals surface area contributed by atoms with Gasteiger partial charge >= 0.3 is 0 Å². The van der Waals surface area contributed by atoms with Gasteiger partial charge < -0.3 is 34.2 Å². The van der Waals surface area contributed by atoms with Crippen molar-refractivity contribution in [1.82, 2.24) is 34.3 Å². The maximum Gasteiger partial charge on any atom is 0.217 e. The van der Waals surface area contributed by atoms with Crippen LogP contribution < -0.4 is 0 Å². The molecule has 0 amide bonds. The number of aliphatic hydroxyl groups is 2. The summed E-state index contributed by atoms with van der Waals surface area (Å²) in [7, 11) is 0. The Morgan fingerprint density at radius 1 is 0.983 bits per heavy atom. The van der Waals surface area contributed by atoms with E-state index in [1.54, 1.807) is 0 Å². The fraction of sp³-hybridized carbons (Fsp3) is 0.457. The second-order valence-corrected chi connectivity index (χ2v) is 17.6. The van der Waals surface area contributed by atoms with Crippen LogP contribution >= 0.6 is 0 Å². The van der Waals surface area contributed by atoms with Crippen LogP contribution in [0.4, 0.5) is 0 Å². The van der Waals surface area contributed by atoms with Crippen LogP contribution in [0, 0.1) is 11.8 Å². The number of imidazole rings is 2. The third-order valence-corrected chi connectivity index (χ3v) is 12.7. The van der Waals surface area contributed by atoms with E-state index in [9.17, 15) is 10.2 Å². The first kappa shape index (κ1) is 37.4. The molecule has 2 aliphatic carbocycles. The molecular formula is C46H54N8O4. The lowest BCUT2D eigenvalue weighted by Crippen LogP contribution is -2.41. The first-order valence-electron chi connectivity index (χ1n) is 21.1. The van der Waals surface area contributed by atoms with Crippen LogP contribution in [0.25, 0.3) is 33.3 Å². The molecule has 6 unspecified atom stereocenters. The monoisotopic (exact) mass is 782 g/mol. The van der Waals surface area contributed by atoms with Gasteiger partial charge in [-0.15, -0.1) is 0 Å². The molecule has 6 atom stereocenters. The molecule has 1 aromatic carbocycles. The Bertz CT molecular complexity index is 2390. The molecule has 4 aliphatic heterocycles. The van der Waals surface area contributed by atoms with Gasteiger partial charge in [-0.25, -0.2) is 14.9 Å². The number of allylic oxidation sites excluding steroid dienone is 7. The second-order valence-electron chi connectivity index (χ2n) is 17.6. The summed E-state index contributed by atoms with van der Waals surface area (Å²) in [5, 5.41) is 22.0. The van der Waals surface area contributed by atoms with Gasteiger partial charge in [0.15, 0.2) is 6.23 Å². The number of hydrogen-bond donors (Lipinski definition) is 4. The Morgan fingerprint density at radius 3 is 2.62 bits per heavy atom. The molecule has 0 spiro atoms. The van der Waals surface area contributed by atoms with Crippen molar-refractivity contribution in [3.05, 3.63) is 108 Å². The van der Waals surface area contributed by atoms with Crippen LogP contribution in [0.15, 0.2) is 89.6 Å². The normalized spacial score (nSPS) is 26.9. The first-order chi connectivity index (χ1) is 28.2. The lowest BCUT2D eigenvalue weighted by atomic mass is 9.85. The number of fused-ring (bicyclic) bond motifs is 4. The largest absolute Gasteiger partial charge is 0.469 e. The molecule has 302 valence electrons. The molecule has 0 bridgehead atoms. The van der Waals surface area contributed by atoms with Gasteiger partial charge in [-0.1, -0.05) is 30.4 Å². The highest BCUT2D eigenvalue weighted by Gasteiger charge is 2.38. The lowest BCUT2D eigenvalue weighted by molar-refractivity contribution is -0.243. The summed E-state index contributed by atoms with van der Waals surface area (Å²) in [6, 6.07) is 9.10. The van der Waals surface area contributed by atoms with Gasteiger partial charge in [-0.05, 0) is 108 Å². The summed E-state index contributed by atoms with van der Waals surface area (Å²) < 4.78 is 15.6. The molecule has 7 heterocycles. The van der Waals surface area contributed by atoms with Gasteiger partial charge in [0, 0.05) is 53.9 Å². The number of aromatic nitrogens is 5. The average molecular weight is 783 g/mol. The number of aliphatic imine (C=N–C) groups is 1. The third-order valence-electron chi connectivity index (χ3n) is 12.7. The summed E-state index contributed by atoms with van der Waals surface area (Å²) in [5.41, 5.74) is 8.65. The molecule has 3 aromatic heterocycles. The highest BCUT2D eigenvalue weighted by molar-refractivity contribution is 5.91. The van der Waals surface area contributed by atoms with Crippen LogP contribution in [-0.2, 0) is 9.47 Å². The number of ether oxygens (including phenoxy) is 2. The number of aromatic amines is 2.